The summed E-state index contributed by atoms with van der Waals surface area (Å²) in [4.78, 5) is 3.90. The normalized spacial score (nSPS) is 10.3. The molecule has 53 valence electrons. The number of pyridine rings is 1. The summed E-state index contributed by atoms with van der Waals surface area (Å²) in [6.07, 6.45) is 4.60. The maximum Gasteiger partial charge on any atom is 0.0892 e. The third-order valence-corrected chi connectivity index (χ3v) is 2.04. The van der Waals surface area contributed by atoms with Crippen LogP contribution in [0.25, 0.3) is 10.8 Å². The first kappa shape index (κ1) is 6.80. The second-order valence-corrected chi connectivity index (χ2v) is 3.22. The molecule has 0 saturated carbocycles. The Morgan fingerprint density at radius 3 is 3.09 bits per heavy atom. The van der Waals surface area contributed by atoms with Crippen molar-refractivity contribution in [3.05, 3.63) is 41.1 Å². The molecule has 0 spiro atoms. The number of nitrogens with zero attached hydrogens (tertiary/aromatic N) is 1. The standard InChI is InChI=1S/C9H5BrN/c10-9-2-1-8-6-11-4-3-7(8)5-9/h1-3,5-6H. The molecule has 0 saturated heterocycles. The van der Waals surface area contributed by atoms with Gasteiger partial charge in [-0.3, -0.25) is 4.98 Å². The molecule has 0 aliphatic heterocycles. The highest BCUT2D eigenvalue weighted by Crippen LogP contribution is 2.17. The van der Waals surface area contributed by atoms with Gasteiger partial charge in [0.1, 0.15) is 0 Å². The van der Waals surface area contributed by atoms with E-state index in [9.17, 15) is 0 Å². The monoisotopic (exact) mass is 206 g/mol. The van der Waals surface area contributed by atoms with E-state index in [1.54, 1.807) is 0 Å². The van der Waals surface area contributed by atoms with Gasteiger partial charge in [0.15, 0.2) is 0 Å². The fourth-order valence-electron chi connectivity index (χ4n) is 1.00. The van der Waals surface area contributed by atoms with Crippen molar-refractivity contribution in [1.82, 2.24) is 4.98 Å². The van der Waals surface area contributed by atoms with Gasteiger partial charge in [-0.2, -0.15) is 0 Å². The molecule has 0 aliphatic rings. The van der Waals surface area contributed by atoms with Gasteiger partial charge in [-0.05, 0) is 23.6 Å². The average Bonchev–Trinajstić information content (AvgIpc) is 2.04. The second-order valence-electron chi connectivity index (χ2n) is 2.30. The zero-order valence-electron chi connectivity index (χ0n) is 5.71. The molecular formula is C9H5BrN. The van der Waals surface area contributed by atoms with Gasteiger partial charge < -0.3 is 0 Å². The predicted octanol–water partition coefficient (Wildman–Crippen LogP) is 2.80. The van der Waals surface area contributed by atoms with Crippen LogP contribution >= 0.6 is 15.9 Å². The number of benzene rings is 1. The summed E-state index contributed by atoms with van der Waals surface area (Å²) in [6, 6.07) is 7.96. The number of halogens is 1. The first-order chi connectivity index (χ1) is 5.36. The molecule has 1 aromatic heterocycles. The van der Waals surface area contributed by atoms with Crippen LogP contribution in [-0.2, 0) is 0 Å². The molecule has 11 heavy (non-hydrogen) atoms. The van der Waals surface area contributed by atoms with Gasteiger partial charge in [-0.25, -0.2) is 0 Å². The van der Waals surface area contributed by atoms with Gasteiger partial charge in [-0.1, -0.05) is 22.0 Å². The van der Waals surface area contributed by atoms with Gasteiger partial charge in [0.05, 0.1) is 6.20 Å². The average molecular weight is 207 g/mol. The van der Waals surface area contributed by atoms with Crippen LogP contribution in [0.1, 0.15) is 0 Å². The zero-order chi connectivity index (χ0) is 7.68. The molecule has 0 N–H and O–H groups in total. The van der Waals surface area contributed by atoms with Crippen molar-refractivity contribution < 1.29 is 0 Å². The Morgan fingerprint density at radius 2 is 2.18 bits per heavy atom. The number of fused-ring (bicyclic) bond motifs is 1. The molecule has 0 fully saturated rings. The van der Waals surface area contributed by atoms with Gasteiger partial charge >= 0.3 is 0 Å². The smallest absolute Gasteiger partial charge is 0.0892 e. The van der Waals surface area contributed by atoms with E-state index in [1.165, 1.54) is 0 Å². The Kier molecular flexibility index (Phi) is 1.62. The van der Waals surface area contributed by atoms with E-state index >= 15 is 0 Å². The van der Waals surface area contributed by atoms with Gasteiger partial charge in [0, 0.05) is 16.1 Å². The summed E-state index contributed by atoms with van der Waals surface area (Å²) in [5.74, 6) is 0. The van der Waals surface area contributed by atoms with Crippen LogP contribution in [0, 0.1) is 6.20 Å². The van der Waals surface area contributed by atoms with Crippen molar-refractivity contribution in [3.63, 3.8) is 0 Å². The molecule has 1 nitrogen and oxygen atoms in total. The molecule has 1 aromatic carbocycles. The van der Waals surface area contributed by atoms with E-state index in [1.807, 2.05) is 30.5 Å². The van der Waals surface area contributed by atoms with Crippen LogP contribution in [0.15, 0.2) is 34.9 Å². The minimum absolute atomic E-state index is 1.09. The van der Waals surface area contributed by atoms with Crippen molar-refractivity contribution in [2.24, 2.45) is 0 Å². The van der Waals surface area contributed by atoms with E-state index in [2.05, 4.69) is 27.1 Å². The predicted molar refractivity (Wildman–Crippen MR) is 48.3 cm³/mol. The highest BCUT2D eigenvalue weighted by atomic mass is 79.9. The van der Waals surface area contributed by atoms with E-state index in [-0.39, 0.29) is 0 Å². The SMILES string of the molecule is Brc1ccc2cn[c]cc2c1. The summed E-state index contributed by atoms with van der Waals surface area (Å²) < 4.78 is 1.09. The van der Waals surface area contributed by atoms with Crippen LogP contribution in [0.4, 0.5) is 0 Å². The van der Waals surface area contributed by atoms with Gasteiger partial charge in [-0.15, -0.1) is 0 Å². The molecule has 1 radical (unpaired) electrons. The summed E-state index contributed by atoms with van der Waals surface area (Å²) in [5.41, 5.74) is 0. The second kappa shape index (κ2) is 2.62. The summed E-state index contributed by atoms with van der Waals surface area (Å²) in [6.45, 7) is 0. The highest BCUT2D eigenvalue weighted by molar-refractivity contribution is 9.10. The number of aromatic nitrogens is 1. The van der Waals surface area contributed by atoms with Crippen molar-refractivity contribution >= 4 is 26.7 Å². The van der Waals surface area contributed by atoms with Crippen molar-refractivity contribution in [3.8, 4) is 0 Å². The van der Waals surface area contributed by atoms with Crippen LogP contribution in [0.3, 0.4) is 0 Å². The number of hydrogen-bond acceptors (Lipinski definition) is 1. The van der Waals surface area contributed by atoms with Crippen molar-refractivity contribution in [1.29, 1.82) is 0 Å². The summed E-state index contributed by atoms with van der Waals surface area (Å²) in [7, 11) is 0. The third kappa shape index (κ3) is 1.26. The number of rotatable bonds is 0. The Hall–Kier alpha value is -0.890. The molecule has 0 aliphatic carbocycles. The quantitative estimate of drug-likeness (QED) is 0.647. The Bertz CT molecular complexity index is 384. The summed E-state index contributed by atoms with van der Waals surface area (Å²) >= 11 is 3.40. The lowest BCUT2D eigenvalue weighted by atomic mass is 10.2. The van der Waals surface area contributed by atoms with Crippen LogP contribution in [-0.4, -0.2) is 4.98 Å². The Labute approximate surface area is 73.2 Å². The number of hydrogen-bond donors (Lipinski definition) is 0. The van der Waals surface area contributed by atoms with Gasteiger partial charge in [0.25, 0.3) is 0 Å². The molecule has 1 heterocycles. The molecule has 2 rings (SSSR count). The Balaban J connectivity index is 2.83. The lowest BCUT2D eigenvalue weighted by Crippen LogP contribution is -1.74. The van der Waals surface area contributed by atoms with E-state index in [0.717, 1.165) is 15.2 Å². The Morgan fingerprint density at radius 1 is 1.27 bits per heavy atom. The maximum atomic E-state index is 3.90. The fourth-order valence-corrected chi connectivity index (χ4v) is 1.38. The van der Waals surface area contributed by atoms with Crippen LogP contribution in [0.2, 0.25) is 0 Å². The molecule has 2 heteroatoms. The van der Waals surface area contributed by atoms with Crippen LogP contribution < -0.4 is 0 Å². The first-order valence-electron chi connectivity index (χ1n) is 3.27. The lowest BCUT2D eigenvalue weighted by Gasteiger charge is -1.94. The fraction of sp³-hybridized carbons (Fsp3) is 0. The first-order valence-corrected chi connectivity index (χ1v) is 4.07. The molecule has 0 amide bonds. The van der Waals surface area contributed by atoms with Crippen LogP contribution in [0.5, 0.6) is 0 Å². The van der Waals surface area contributed by atoms with E-state index in [0.29, 0.717) is 0 Å². The van der Waals surface area contributed by atoms with Crippen molar-refractivity contribution in [2.75, 3.05) is 0 Å². The molecule has 2 aromatic rings. The molecule has 0 unspecified atom stereocenters. The van der Waals surface area contributed by atoms with Gasteiger partial charge in [0.2, 0.25) is 0 Å². The molecular weight excluding hydrogens is 202 g/mol. The van der Waals surface area contributed by atoms with E-state index in [4.69, 9.17) is 0 Å². The topological polar surface area (TPSA) is 12.9 Å². The highest BCUT2D eigenvalue weighted by Gasteiger charge is 1.91. The minimum atomic E-state index is 1.09. The van der Waals surface area contributed by atoms with Crippen molar-refractivity contribution in [2.45, 2.75) is 0 Å². The zero-order valence-corrected chi connectivity index (χ0v) is 7.30. The maximum absolute atomic E-state index is 3.90. The molecule has 0 atom stereocenters. The van der Waals surface area contributed by atoms with E-state index < -0.39 is 0 Å². The summed E-state index contributed by atoms with van der Waals surface area (Å²) in [5, 5.41) is 2.31. The third-order valence-electron chi connectivity index (χ3n) is 1.55. The minimum Gasteiger partial charge on any atom is -0.254 e. The molecule has 0 bridgehead atoms. The lowest BCUT2D eigenvalue weighted by molar-refractivity contribution is 1.35. The largest absolute Gasteiger partial charge is 0.254 e.